The van der Waals surface area contributed by atoms with Crippen molar-refractivity contribution in [3.8, 4) is 5.75 Å². The van der Waals surface area contributed by atoms with Gasteiger partial charge in [0.05, 0.1) is 19.9 Å². The van der Waals surface area contributed by atoms with Crippen LogP contribution >= 0.6 is 0 Å². The monoisotopic (exact) mass is 274 g/mol. The third-order valence-electron chi connectivity index (χ3n) is 2.79. The van der Waals surface area contributed by atoms with E-state index in [4.69, 9.17) is 15.7 Å². The molecule has 0 bridgehead atoms. The Hall–Kier alpha value is -2.83. The standard InChI is InChI=1S/C13H14N4O3/c1-20-11-6-7-15-17(13(11)18)8-9-2-4-10(5-3-9)12(14)16-19/h2-7,19H,8H2,1H3,(H2,14,16). The number of aromatic nitrogens is 2. The minimum absolute atomic E-state index is 0.0354. The lowest BCUT2D eigenvalue weighted by Gasteiger charge is -2.07. The van der Waals surface area contributed by atoms with Crippen molar-refractivity contribution < 1.29 is 9.94 Å². The summed E-state index contributed by atoms with van der Waals surface area (Å²) in [5.74, 6) is 0.279. The Morgan fingerprint density at radius 2 is 2.10 bits per heavy atom. The van der Waals surface area contributed by atoms with Crippen LogP contribution in [0.2, 0.25) is 0 Å². The van der Waals surface area contributed by atoms with Crippen molar-refractivity contribution in [1.29, 1.82) is 0 Å². The summed E-state index contributed by atoms with van der Waals surface area (Å²) in [5, 5.41) is 15.5. The molecule has 7 heteroatoms. The molecule has 2 rings (SSSR count). The maximum absolute atomic E-state index is 11.9. The lowest BCUT2D eigenvalue weighted by Crippen LogP contribution is -2.24. The number of nitrogens with zero attached hydrogens (tertiary/aromatic N) is 3. The Labute approximate surface area is 114 Å². The van der Waals surface area contributed by atoms with Crippen LogP contribution in [-0.2, 0) is 6.54 Å². The van der Waals surface area contributed by atoms with Gasteiger partial charge in [0.2, 0.25) is 0 Å². The molecule has 0 aliphatic carbocycles. The molecule has 0 aliphatic rings. The SMILES string of the molecule is COc1ccnn(Cc2ccc(/C(N)=N/O)cc2)c1=O. The predicted octanol–water partition coefficient (Wildman–Crippen LogP) is 0.395. The van der Waals surface area contributed by atoms with Crippen LogP contribution in [0.3, 0.4) is 0 Å². The highest BCUT2D eigenvalue weighted by Gasteiger charge is 2.05. The van der Waals surface area contributed by atoms with Crippen molar-refractivity contribution in [3.05, 3.63) is 58.0 Å². The Morgan fingerprint density at radius 3 is 2.70 bits per heavy atom. The van der Waals surface area contributed by atoms with Crippen molar-refractivity contribution in [1.82, 2.24) is 9.78 Å². The summed E-state index contributed by atoms with van der Waals surface area (Å²) in [5.41, 5.74) is 6.64. The van der Waals surface area contributed by atoms with Crippen LogP contribution in [0, 0.1) is 0 Å². The molecule has 0 aliphatic heterocycles. The van der Waals surface area contributed by atoms with E-state index in [1.165, 1.54) is 24.1 Å². The lowest BCUT2D eigenvalue weighted by molar-refractivity contribution is 0.318. The van der Waals surface area contributed by atoms with Crippen LogP contribution in [0.4, 0.5) is 0 Å². The second kappa shape index (κ2) is 5.87. The molecule has 0 unspecified atom stereocenters. The molecule has 1 aromatic heterocycles. The maximum Gasteiger partial charge on any atom is 0.309 e. The predicted molar refractivity (Wildman–Crippen MR) is 73.1 cm³/mol. The quantitative estimate of drug-likeness (QED) is 0.363. The second-order valence-electron chi connectivity index (χ2n) is 4.04. The molecule has 7 nitrogen and oxygen atoms in total. The van der Waals surface area contributed by atoms with E-state index in [1.54, 1.807) is 24.3 Å². The van der Waals surface area contributed by atoms with Crippen molar-refractivity contribution in [2.45, 2.75) is 6.54 Å². The number of ether oxygens (including phenoxy) is 1. The summed E-state index contributed by atoms with van der Waals surface area (Å²) in [4.78, 5) is 11.9. The summed E-state index contributed by atoms with van der Waals surface area (Å²) >= 11 is 0. The molecule has 0 fully saturated rings. The van der Waals surface area contributed by atoms with E-state index in [-0.39, 0.29) is 17.1 Å². The Bertz CT molecular complexity index is 677. The topological polar surface area (TPSA) is 103 Å². The van der Waals surface area contributed by atoms with Crippen LogP contribution in [0.5, 0.6) is 5.75 Å². The molecule has 0 saturated carbocycles. The van der Waals surface area contributed by atoms with Crippen molar-refractivity contribution in [3.63, 3.8) is 0 Å². The highest BCUT2D eigenvalue weighted by Crippen LogP contribution is 2.06. The zero-order valence-electron chi connectivity index (χ0n) is 10.9. The van der Waals surface area contributed by atoms with Gasteiger partial charge >= 0.3 is 5.56 Å². The molecule has 1 heterocycles. The van der Waals surface area contributed by atoms with E-state index in [0.29, 0.717) is 12.1 Å². The minimum Gasteiger partial charge on any atom is -0.491 e. The van der Waals surface area contributed by atoms with Gasteiger partial charge in [-0.3, -0.25) is 4.79 Å². The van der Waals surface area contributed by atoms with Gasteiger partial charge in [0.15, 0.2) is 11.6 Å². The fourth-order valence-electron chi connectivity index (χ4n) is 1.71. The first kappa shape index (κ1) is 13.6. The zero-order valence-corrected chi connectivity index (χ0v) is 10.9. The Morgan fingerprint density at radius 1 is 1.40 bits per heavy atom. The van der Waals surface area contributed by atoms with E-state index >= 15 is 0 Å². The first-order chi connectivity index (χ1) is 9.65. The fourth-order valence-corrected chi connectivity index (χ4v) is 1.71. The van der Waals surface area contributed by atoms with Gasteiger partial charge in [-0.1, -0.05) is 29.4 Å². The molecule has 0 spiro atoms. The normalized spacial score (nSPS) is 11.3. The van der Waals surface area contributed by atoms with E-state index in [1.807, 2.05) is 0 Å². The Balaban J connectivity index is 2.25. The van der Waals surface area contributed by atoms with Gasteiger partial charge in [0.25, 0.3) is 0 Å². The average Bonchev–Trinajstić information content (AvgIpc) is 2.49. The highest BCUT2D eigenvalue weighted by atomic mass is 16.5. The van der Waals surface area contributed by atoms with Crippen LogP contribution in [0.1, 0.15) is 11.1 Å². The number of hydrogen-bond donors (Lipinski definition) is 2. The Kier molecular flexibility index (Phi) is 3.99. The third-order valence-corrected chi connectivity index (χ3v) is 2.79. The molecule has 0 radical (unpaired) electrons. The van der Waals surface area contributed by atoms with E-state index in [0.717, 1.165) is 5.56 Å². The molecule has 104 valence electrons. The number of rotatable bonds is 4. The van der Waals surface area contributed by atoms with Crippen LogP contribution in [0.15, 0.2) is 46.5 Å². The first-order valence-corrected chi connectivity index (χ1v) is 5.82. The smallest absolute Gasteiger partial charge is 0.309 e. The first-order valence-electron chi connectivity index (χ1n) is 5.82. The highest BCUT2D eigenvalue weighted by molar-refractivity contribution is 5.96. The van der Waals surface area contributed by atoms with Gasteiger partial charge in [-0.25, -0.2) is 4.68 Å². The lowest BCUT2D eigenvalue weighted by atomic mass is 10.1. The van der Waals surface area contributed by atoms with Gasteiger partial charge in [0, 0.05) is 11.6 Å². The van der Waals surface area contributed by atoms with E-state index in [9.17, 15) is 4.79 Å². The van der Waals surface area contributed by atoms with Crippen molar-refractivity contribution >= 4 is 5.84 Å². The minimum atomic E-state index is -0.296. The van der Waals surface area contributed by atoms with Gasteiger partial charge in [0.1, 0.15) is 0 Å². The average molecular weight is 274 g/mol. The molecule has 0 saturated heterocycles. The molecule has 3 N–H and O–H groups in total. The maximum atomic E-state index is 11.9. The zero-order chi connectivity index (χ0) is 14.5. The van der Waals surface area contributed by atoms with E-state index in [2.05, 4.69) is 10.3 Å². The van der Waals surface area contributed by atoms with Crippen molar-refractivity contribution in [2.75, 3.05) is 7.11 Å². The molecule has 2 aromatic rings. The van der Waals surface area contributed by atoms with Gasteiger partial charge in [-0.15, -0.1) is 0 Å². The number of amidine groups is 1. The summed E-state index contributed by atoms with van der Waals surface area (Å²) in [6.45, 7) is 0.312. The largest absolute Gasteiger partial charge is 0.491 e. The summed E-state index contributed by atoms with van der Waals surface area (Å²) in [6.07, 6.45) is 1.50. The molecule has 0 amide bonds. The van der Waals surface area contributed by atoms with E-state index < -0.39 is 0 Å². The van der Waals surface area contributed by atoms with Crippen LogP contribution < -0.4 is 16.0 Å². The summed E-state index contributed by atoms with van der Waals surface area (Å²) in [6, 6.07) is 8.48. The summed E-state index contributed by atoms with van der Waals surface area (Å²) in [7, 11) is 1.44. The van der Waals surface area contributed by atoms with Crippen molar-refractivity contribution in [2.24, 2.45) is 10.9 Å². The fraction of sp³-hybridized carbons (Fsp3) is 0.154. The molecule has 0 atom stereocenters. The van der Waals surface area contributed by atoms with Crippen LogP contribution in [-0.4, -0.2) is 27.9 Å². The number of benzene rings is 1. The van der Waals surface area contributed by atoms with Crippen LogP contribution in [0.25, 0.3) is 0 Å². The number of nitrogens with two attached hydrogens (primary N) is 1. The molecule has 1 aromatic carbocycles. The molecular weight excluding hydrogens is 260 g/mol. The molecule has 20 heavy (non-hydrogen) atoms. The van der Waals surface area contributed by atoms with Gasteiger partial charge < -0.3 is 15.7 Å². The number of oxime groups is 1. The third kappa shape index (κ3) is 2.77. The molecular formula is C13H14N4O3. The second-order valence-corrected chi connectivity index (χ2v) is 4.04. The number of hydrogen-bond acceptors (Lipinski definition) is 5. The van der Waals surface area contributed by atoms with Gasteiger partial charge in [-0.2, -0.15) is 5.10 Å². The summed E-state index contributed by atoms with van der Waals surface area (Å²) < 4.78 is 6.26. The van der Waals surface area contributed by atoms with Gasteiger partial charge in [-0.05, 0) is 5.56 Å². The number of methoxy groups -OCH3 is 1.